The van der Waals surface area contributed by atoms with Crippen molar-refractivity contribution in [2.24, 2.45) is 0 Å². The number of methoxy groups -OCH3 is 1. The predicted molar refractivity (Wildman–Crippen MR) is 76.9 cm³/mol. The molecule has 1 aliphatic heterocycles. The Bertz CT molecular complexity index is 457. The van der Waals surface area contributed by atoms with Gasteiger partial charge in [-0.2, -0.15) is 0 Å². The van der Waals surface area contributed by atoms with E-state index in [0.29, 0.717) is 16.6 Å². The van der Waals surface area contributed by atoms with Crippen LogP contribution >= 0.6 is 11.6 Å². The Morgan fingerprint density at radius 3 is 2.74 bits per heavy atom. The summed E-state index contributed by atoms with van der Waals surface area (Å²) in [6.45, 7) is 2.18. The molecule has 0 radical (unpaired) electrons. The van der Waals surface area contributed by atoms with Gasteiger partial charge < -0.3 is 15.0 Å². The zero-order valence-corrected chi connectivity index (χ0v) is 12.0. The summed E-state index contributed by atoms with van der Waals surface area (Å²) in [6.07, 6.45) is 2.21. The van der Waals surface area contributed by atoms with Crippen molar-refractivity contribution in [3.63, 3.8) is 0 Å². The Balaban J connectivity index is 2.06. The fraction of sp³-hybridized carbons (Fsp3) is 0.500. The predicted octanol–water partition coefficient (Wildman–Crippen LogP) is 2.63. The van der Waals surface area contributed by atoms with Crippen molar-refractivity contribution in [1.82, 2.24) is 4.90 Å². The van der Waals surface area contributed by atoms with E-state index in [9.17, 15) is 4.79 Å². The molecule has 0 aliphatic carbocycles. The van der Waals surface area contributed by atoms with Crippen LogP contribution in [0.25, 0.3) is 0 Å². The molecule has 1 aliphatic rings. The van der Waals surface area contributed by atoms with Gasteiger partial charge in [-0.1, -0.05) is 11.6 Å². The summed E-state index contributed by atoms with van der Waals surface area (Å²) in [6, 6.07) is 5.83. The maximum absolute atomic E-state index is 11.6. The first-order chi connectivity index (χ1) is 9.10. The molecular weight excluding hydrogens is 264 g/mol. The molecule has 1 heterocycles. The Hall–Kier alpha value is -1.26. The fourth-order valence-electron chi connectivity index (χ4n) is 2.27. The van der Waals surface area contributed by atoms with Crippen LogP contribution in [-0.2, 0) is 4.74 Å². The first-order valence-electron chi connectivity index (χ1n) is 6.43. The summed E-state index contributed by atoms with van der Waals surface area (Å²) in [4.78, 5) is 13.9. The second-order valence-electron chi connectivity index (χ2n) is 4.91. The summed E-state index contributed by atoms with van der Waals surface area (Å²) < 4.78 is 4.72. The SMILES string of the molecule is COC(=O)c1cc(NC2CCN(C)CC2)ccc1Cl. The third-order valence-corrected chi connectivity index (χ3v) is 3.79. The van der Waals surface area contributed by atoms with Gasteiger partial charge in [0, 0.05) is 11.7 Å². The molecule has 104 valence electrons. The number of esters is 1. The van der Waals surface area contributed by atoms with Crippen molar-refractivity contribution < 1.29 is 9.53 Å². The minimum absolute atomic E-state index is 0.405. The molecule has 0 aromatic heterocycles. The van der Waals surface area contributed by atoms with Crippen LogP contribution in [-0.4, -0.2) is 44.2 Å². The molecular formula is C14H19ClN2O2. The van der Waals surface area contributed by atoms with Crippen molar-refractivity contribution >= 4 is 23.3 Å². The number of benzene rings is 1. The number of nitrogens with one attached hydrogen (secondary N) is 1. The molecule has 0 saturated carbocycles. The summed E-state index contributed by atoms with van der Waals surface area (Å²) in [7, 11) is 3.49. The van der Waals surface area contributed by atoms with Crippen LogP contribution in [0.3, 0.4) is 0 Å². The molecule has 4 nitrogen and oxygen atoms in total. The van der Waals surface area contributed by atoms with Crippen LogP contribution in [0.1, 0.15) is 23.2 Å². The van der Waals surface area contributed by atoms with E-state index in [4.69, 9.17) is 16.3 Å². The van der Waals surface area contributed by atoms with Crippen molar-refractivity contribution in [3.05, 3.63) is 28.8 Å². The van der Waals surface area contributed by atoms with E-state index in [0.717, 1.165) is 31.6 Å². The molecule has 5 heteroatoms. The second kappa shape index (κ2) is 6.26. The van der Waals surface area contributed by atoms with Gasteiger partial charge in [0.1, 0.15) is 0 Å². The smallest absolute Gasteiger partial charge is 0.339 e. The van der Waals surface area contributed by atoms with Gasteiger partial charge in [0.2, 0.25) is 0 Å². The zero-order chi connectivity index (χ0) is 13.8. The number of nitrogens with zero attached hydrogens (tertiary/aromatic N) is 1. The number of carbonyl (C=O) groups excluding carboxylic acids is 1. The number of carbonyl (C=O) groups is 1. The number of likely N-dealkylation sites (tertiary alicyclic amines) is 1. The maximum atomic E-state index is 11.6. The molecule has 0 bridgehead atoms. The highest BCUT2D eigenvalue weighted by molar-refractivity contribution is 6.33. The Labute approximate surface area is 118 Å². The zero-order valence-electron chi connectivity index (χ0n) is 11.3. The van der Waals surface area contributed by atoms with Gasteiger partial charge in [-0.05, 0) is 51.2 Å². The molecule has 1 aromatic carbocycles. The normalized spacial score (nSPS) is 17.2. The van der Waals surface area contributed by atoms with Gasteiger partial charge in [-0.25, -0.2) is 4.79 Å². The molecule has 0 spiro atoms. The van der Waals surface area contributed by atoms with Crippen molar-refractivity contribution in [1.29, 1.82) is 0 Å². The standard InChI is InChI=1S/C14H19ClN2O2/c1-17-7-5-10(6-8-17)16-11-3-4-13(15)12(9-11)14(18)19-2/h3-4,9-10,16H,5-8H2,1-2H3. The fourth-order valence-corrected chi connectivity index (χ4v) is 2.46. The van der Waals surface area contributed by atoms with E-state index < -0.39 is 5.97 Å². The third-order valence-electron chi connectivity index (χ3n) is 3.46. The van der Waals surface area contributed by atoms with Gasteiger partial charge in [0.25, 0.3) is 0 Å². The Morgan fingerprint density at radius 1 is 1.42 bits per heavy atom. The van der Waals surface area contributed by atoms with Gasteiger partial charge >= 0.3 is 5.97 Å². The van der Waals surface area contributed by atoms with Gasteiger partial charge in [-0.15, -0.1) is 0 Å². The lowest BCUT2D eigenvalue weighted by atomic mass is 10.0. The quantitative estimate of drug-likeness (QED) is 0.866. The number of hydrogen-bond acceptors (Lipinski definition) is 4. The Kier molecular flexibility index (Phi) is 4.66. The number of halogens is 1. The number of rotatable bonds is 3. The van der Waals surface area contributed by atoms with Crippen LogP contribution in [0.2, 0.25) is 5.02 Å². The molecule has 2 rings (SSSR count). The summed E-state index contributed by atoms with van der Waals surface area (Å²) in [5.74, 6) is -0.406. The lowest BCUT2D eigenvalue weighted by Gasteiger charge is -2.30. The highest BCUT2D eigenvalue weighted by Crippen LogP contribution is 2.23. The molecule has 19 heavy (non-hydrogen) atoms. The van der Waals surface area contributed by atoms with Crippen LogP contribution in [0, 0.1) is 0 Å². The van der Waals surface area contributed by atoms with E-state index in [1.807, 2.05) is 6.07 Å². The first kappa shape index (κ1) is 14.2. The first-order valence-corrected chi connectivity index (χ1v) is 6.81. The van der Waals surface area contributed by atoms with Crippen LogP contribution in [0.4, 0.5) is 5.69 Å². The van der Waals surface area contributed by atoms with Crippen molar-refractivity contribution in [2.75, 3.05) is 32.6 Å². The average Bonchev–Trinajstić information content (AvgIpc) is 2.42. The highest BCUT2D eigenvalue weighted by atomic mass is 35.5. The molecule has 0 atom stereocenters. The van der Waals surface area contributed by atoms with Crippen LogP contribution < -0.4 is 5.32 Å². The van der Waals surface area contributed by atoms with E-state index in [1.54, 1.807) is 12.1 Å². The second-order valence-corrected chi connectivity index (χ2v) is 5.32. The maximum Gasteiger partial charge on any atom is 0.339 e. The van der Waals surface area contributed by atoms with Gasteiger partial charge in [0.05, 0.1) is 17.7 Å². The Morgan fingerprint density at radius 2 is 2.11 bits per heavy atom. The highest BCUT2D eigenvalue weighted by Gasteiger charge is 2.17. The number of hydrogen-bond donors (Lipinski definition) is 1. The molecule has 1 fully saturated rings. The third kappa shape index (κ3) is 3.61. The van der Waals surface area contributed by atoms with Crippen LogP contribution in [0.15, 0.2) is 18.2 Å². The number of anilines is 1. The lowest BCUT2D eigenvalue weighted by Crippen LogP contribution is -2.36. The minimum Gasteiger partial charge on any atom is -0.465 e. The monoisotopic (exact) mass is 282 g/mol. The van der Waals surface area contributed by atoms with E-state index in [2.05, 4.69) is 17.3 Å². The topological polar surface area (TPSA) is 41.6 Å². The van der Waals surface area contributed by atoms with E-state index in [1.165, 1.54) is 7.11 Å². The van der Waals surface area contributed by atoms with E-state index >= 15 is 0 Å². The molecule has 1 saturated heterocycles. The molecule has 0 amide bonds. The minimum atomic E-state index is -0.406. The molecule has 1 N–H and O–H groups in total. The lowest BCUT2D eigenvalue weighted by molar-refractivity contribution is 0.0601. The van der Waals surface area contributed by atoms with Crippen LogP contribution in [0.5, 0.6) is 0 Å². The van der Waals surface area contributed by atoms with E-state index in [-0.39, 0.29) is 0 Å². The average molecular weight is 283 g/mol. The largest absolute Gasteiger partial charge is 0.465 e. The molecule has 1 aromatic rings. The number of ether oxygens (including phenoxy) is 1. The van der Waals surface area contributed by atoms with Crippen molar-refractivity contribution in [2.45, 2.75) is 18.9 Å². The summed E-state index contributed by atoms with van der Waals surface area (Å²) in [5, 5.41) is 3.87. The number of piperidine rings is 1. The van der Waals surface area contributed by atoms with Crippen molar-refractivity contribution in [3.8, 4) is 0 Å². The summed E-state index contributed by atoms with van der Waals surface area (Å²) in [5.41, 5.74) is 1.32. The van der Waals surface area contributed by atoms with Gasteiger partial charge in [0.15, 0.2) is 0 Å². The summed E-state index contributed by atoms with van der Waals surface area (Å²) >= 11 is 6.00. The molecule has 0 unspecified atom stereocenters. The van der Waals surface area contributed by atoms with Gasteiger partial charge in [-0.3, -0.25) is 0 Å².